The van der Waals surface area contributed by atoms with E-state index in [1.807, 2.05) is 0 Å². The van der Waals surface area contributed by atoms with Crippen molar-refractivity contribution < 1.29 is 4.79 Å². The van der Waals surface area contributed by atoms with Crippen molar-refractivity contribution in [3.8, 4) is 0 Å². The highest BCUT2D eigenvalue weighted by Gasteiger charge is 2.60. The van der Waals surface area contributed by atoms with Gasteiger partial charge in [0.1, 0.15) is 5.78 Å². The van der Waals surface area contributed by atoms with Crippen LogP contribution in [-0.4, -0.2) is 5.78 Å². The van der Waals surface area contributed by atoms with Crippen LogP contribution in [0.2, 0.25) is 0 Å². The molecule has 0 bridgehead atoms. The maximum absolute atomic E-state index is 14.5. The average molecular weight is 577 g/mol. The zero-order chi connectivity index (χ0) is 31.8. The second-order valence-corrected chi connectivity index (χ2v) is 16.3. The molecule has 0 aromatic carbocycles. The number of allylic oxidation sites excluding steroid dienone is 5. The molecule has 238 valence electrons. The molecule has 2 rings (SSSR count). The van der Waals surface area contributed by atoms with Crippen LogP contribution in [0.25, 0.3) is 0 Å². The topological polar surface area (TPSA) is 17.1 Å². The molecule has 0 saturated heterocycles. The maximum atomic E-state index is 14.5. The molecule has 2 aliphatic carbocycles. The third-order valence-electron chi connectivity index (χ3n) is 10.8. The Hall–Kier alpha value is -1.63. The second kappa shape index (κ2) is 15.9. The third-order valence-corrected chi connectivity index (χ3v) is 10.8. The average Bonchev–Trinajstić information content (AvgIpc) is 3.46. The molecule has 42 heavy (non-hydrogen) atoms. The summed E-state index contributed by atoms with van der Waals surface area (Å²) >= 11 is 0. The van der Waals surface area contributed by atoms with Gasteiger partial charge >= 0.3 is 0 Å². The van der Waals surface area contributed by atoms with Gasteiger partial charge in [-0.1, -0.05) is 129 Å². The fourth-order valence-corrected chi connectivity index (χ4v) is 8.50. The molecule has 0 aromatic rings. The summed E-state index contributed by atoms with van der Waals surface area (Å²) in [5.41, 5.74) is 6.54. The third kappa shape index (κ3) is 10.5. The zero-order valence-electron chi connectivity index (χ0n) is 29.3. The first-order valence-electron chi connectivity index (χ1n) is 17.4. The lowest BCUT2D eigenvalue weighted by molar-refractivity contribution is -0.126. The molecule has 1 nitrogen and oxygen atoms in total. The summed E-state index contributed by atoms with van der Waals surface area (Å²) in [5, 5.41) is 0. The van der Waals surface area contributed by atoms with Crippen molar-refractivity contribution in [3.63, 3.8) is 0 Å². The van der Waals surface area contributed by atoms with Gasteiger partial charge < -0.3 is 0 Å². The predicted molar refractivity (Wildman–Crippen MR) is 187 cm³/mol. The second-order valence-electron chi connectivity index (χ2n) is 16.3. The summed E-state index contributed by atoms with van der Waals surface area (Å²) in [7, 11) is 0. The molecule has 0 amide bonds. The Morgan fingerprint density at radius 2 is 1.50 bits per heavy atom. The van der Waals surface area contributed by atoms with Crippen molar-refractivity contribution in [2.24, 2.45) is 46.3 Å². The van der Waals surface area contributed by atoms with Crippen molar-refractivity contribution in [1.29, 1.82) is 0 Å². The number of Topliss-reactive ketones (excluding diaryl/α,β-unsaturated/α-hetero) is 1. The first-order valence-corrected chi connectivity index (χ1v) is 17.4. The summed E-state index contributed by atoms with van der Waals surface area (Å²) in [6.07, 6.45) is 14.9. The van der Waals surface area contributed by atoms with Crippen LogP contribution in [0.4, 0.5) is 0 Å². The number of hydrogen-bond donors (Lipinski definition) is 0. The van der Waals surface area contributed by atoms with E-state index in [9.17, 15) is 4.79 Å². The Labute approximate surface area is 262 Å². The van der Waals surface area contributed by atoms with Crippen LogP contribution in [0.3, 0.4) is 0 Å². The van der Waals surface area contributed by atoms with E-state index in [0.29, 0.717) is 35.9 Å². The molecule has 0 heterocycles. The lowest BCUT2D eigenvalue weighted by Gasteiger charge is -2.33. The molecular weight excluding hydrogens is 508 g/mol. The van der Waals surface area contributed by atoms with Gasteiger partial charge in [0.2, 0.25) is 0 Å². The number of carbonyl (C=O) groups excluding carboxylic acids is 1. The highest BCUT2D eigenvalue weighted by molar-refractivity contribution is 5.82. The molecule has 0 spiro atoms. The molecule has 5 atom stereocenters. The molecule has 2 fully saturated rings. The number of rotatable bonds is 19. The van der Waals surface area contributed by atoms with Gasteiger partial charge in [0.15, 0.2) is 0 Å². The van der Waals surface area contributed by atoms with Crippen molar-refractivity contribution in [1.82, 2.24) is 0 Å². The molecule has 2 aliphatic rings. The van der Waals surface area contributed by atoms with E-state index < -0.39 is 0 Å². The van der Waals surface area contributed by atoms with E-state index in [4.69, 9.17) is 6.58 Å². The van der Waals surface area contributed by atoms with Crippen LogP contribution in [0.1, 0.15) is 145 Å². The summed E-state index contributed by atoms with van der Waals surface area (Å²) in [4.78, 5) is 14.5. The minimum Gasteiger partial charge on any atom is -0.299 e. The van der Waals surface area contributed by atoms with E-state index >= 15 is 0 Å². The minimum absolute atomic E-state index is 0.112. The molecule has 0 radical (unpaired) electrons. The van der Waals surface area contributed by atoms with Gasteiger partial charge in [0, 0.05) is 12.3 Å². The summed E-state index contributed by atoms with van der Waals surface area (Å²) in [5.74, 6) is 2.89. The SMILES string of the molecule is C=C(C)CCC(=C)C(=C)[C@@H](CCC)CC(=C)C(CC(=O)[C@@H](CC(=C)CC(C)(C)C)C1CCCCC1)C1C(CC)C1(C)C. The Morgan fingerprint density at radius 1 is 0.881 bits per heavy atom. The summed E-state index contributed by atoms with van der Waals surface area (Å²) in [6.45, 7) is 40.7. The van der Waals surface area contributed by atoms with Gasteiger partial charge in [-0.15, -0.1) is 6.58 Å². The number of hydrogen-bond acceptors (Lipinski definition) is 1. The Kier molecular flexibility index (Phi) is 13.8. The van der Waals surface area contributed by atoms with Crippen molar-refractivity contribution in [2.75, 3.05) is 0 Å². The monoisotopic (exact) mass is 577 g/mol. The van der Waals surface area contributed by atoms with Gasteiger partial charge in [0.25, 0.3) is 0 Å². The van der Waals surface area contributed by atoms with Crippen LogP contribution < -0.4 is 0 Å². The van der Waals surface area contributed by atoms with Crippen LogP contribution in [0.15, 0.2) is 60.8 Å². The summed E-state index contributed by atoms with van der Waals surface area (Å²) < 4.78 is 0. The fourth-order valence-electron chi connectivity index (χ4n) is 8.50. The van der Waals surface area contributed by atoms with Crippen LogP contribution in [-0.2, 0) is 4.79 Å². The van der Waals surface area contributed by atoms with E-state index in [0.717, 1.165) is 50.5 Å². The van der Waals surface area contributed by atoms with E-state index in [2.05, 4.69) is 81.7 Å². The van der Waals surface area contributed by atoms with Crippen LogP contribution in [0, 0.1) is 46.3 Å². The molecule has 2 saturated carbocycles. The predicted octanol–water partition coefficient (Wildman–Crippen LogP) is 12.7. The Balaban J connectivity index is 2.31. The standard InChI is InChI=1S/C41H68O/c1-14-19-34(32(8)30(6)23-22-28(3)4)25-31(7)35(39-37(15-2)41(39,12)13)26-38(42)36(33-20-17-16-18-21-33)24-29(5)27-40(9,10)11/h33-37,39H,3,5-8,14-27H2,1-2,4,9-13H3/t34-,35?,36-,37?,39?/m0/s1. The molecule has 0 N–H and O–H groups in total. The lowest BCUT2D eigenvalue weighted by atomic mass is 9.71. The molecular formula is C41H68O. The van der Waals surface area contributed by atoms with Crippen molar-refractivity contribution >= 4 is 5.78 Å². The quantitative estimate of drug-likeness (QED) is 0.110. The molecule has 1 heteroatoms. The van der Waals surface area contributed by atoms with E-state index in [1.165, 1.54) is 60.8 Å². The van der Waals surface area contributed by atoms with Crippen molar-refractivity contribution in [2.45, 2.75) is 145 Å². The van der Waals surface area contributed by atoms with Gasteiger partial charge in [0.05, 0.1) is 0 Å². The minimum atomic E-state index is 0.112. The maximum Gasteiger partial charge on any atom is 0.137 e. The highest BCUT2D eigenvalue weighted by atomic mass is 16.1. The first kappa shape index (κ1) is 36.6. The largest absolute Gasteiger partial charge is 0.299 e. The molecule has 0 aromatic heterocycles. The fraction of sp³-hybridized carbons (Fsp3) is 0.732. The van der Waals surface area contributed by atoms with Crippen LogP contribution >= 0.6 is 0 Å². The first-order chi connectivity index (χ1) is 19.5. The van der Waals surface area contributed by atoms with Gasteiger partial charge in [-0.05, 0) is 104 Å². The van der Waals surface area contributed by atoms with Gasteiger partial charge in [-0.25, -0.2) is 0 Å². The van der Waals surface area contributed by atoms with E-state index in [1.54, 1.807) is 0 Å². The highest BCUT2D eigenvalue weighted by Crippen LogP contribution is 2.65. The summed E-state index contributed by atoms with van der Waals surface area (Å²) in [6, 6.07) is 0. The molecule has 0 aliphatic heterocycles. The Morgan fingerprint density at radius 3 is 2.00 bits per heavy atom. The van der Waals surface area contributed by atoms with E-state index in [-0.39, 0.29) is 22.7 Å². The van der Waals surface area contributed by atoms with Crippen LogP contribution in [0.5, 0.6) is 0 Å². The smallest absolute Gasteiger partial charge is 0.137 e. The van der Waals surface area contributed by atoms with Gasteiger partial charge in [-0.2, -0.15) is 0 Å². The number of carbonyl (C=O) groups is 1. The normalized spacial score (nSPS) is 22.6. The van der Waals surface area contributed by atoms with Crippen molar-refractivity contribution in [3.05, 3.63) is 60.8 Å². The Bertz CT molecular complexity index is 975. The van der Waals surface area contributed by atoms with Gasteiger partial charge in [-0.3, -0.25) is 4.79 Å². The molecule has 3 unspecified atom stereocenters. The number of ketones is 1. The zero-order valence-corrected chi connectivity index (χ0v) is 29.3. The lowest BCUT2D eigenvalue weighted by Crippen LogP contribution is -2.29.